The number of nitrogens with one attached hydrogen (secondary N) is 1. The third-order valence-corrected chi connectivity index (χ3v) is 4.69. The molecule has 1 saturated carbocycles. The van der Waals surface area contributed by atoms with Crippen molar-refractivity contribution in [3.63, 3.8) is 0 Å². The molecule has 2 rings (SSSR count). The van der Waals surface area contributed by atoms with Crippen molar-refractivity contribution >= 4 is 5.91 Å². The van der Waals surface area contributed by atoms with Crippen LogP contribution in [0.4, 0.5) is 4.39 Å². The molecule has 1 atom stereocenters. The summed E-state index contributed by atoms with van der Waals surface area (Å²) in [4.78, 5) is 12.0. The first-order chi connectivity index (χ1) is 10.0. The number of rotatable bonds is 6. The SMILES string of the molecule is CCC1(CNC(=O)CC(O)c2cccc(F)c2)CCCC1. The van der Waals surface area contributed by atoms with E-state index in [4.69, 9.17) is 0 Å². The van der Waals surface area contributed by atoms with Crippen molar-refractivity contribution in [1.29, 1.82) is 0 Å². The van der Waals surface area contributed by atoms with Crippen molar-refractivity contribution in [3.05, 3.63) is 35.6 Å². The van der Waals surface area contributed by atoms with Crippen molar-refractivity contribution < 1.29 is 14.3 Å². The van der Waals surface area contributed by atoms with Crippen LogP contribution in [0.5, 0.6) is 0 Å². The third kappa shape index (κ3) is 4.27. The van der Waals surface area contributed by atoms with Crippen LogP contribution in [-0.4, -0.2) is 17.6 Å². The molecule has 0 aliphatic heterocycles. The molecule has 0 bridgehead atoms. The summed E-state index contributed by atoms with van der Waals surface area (Å²) in [5.41, 5.74) is 0.677. The number of amides is 1. The van der Waals surface area contributed by atoms with Gasteiger partial charge in [-0.3, -0.25) is 4.79 Å². The minimum absolute atomic E-state index is 0.0246. The van der Waals surface area contributed by atoms with Crippen molar-refractivity contribution in [3.8, 4) is 0 Å². The molecule has 0 radical (unpaired) electrons. The molecule has 1 aromatic rings. The highest BCUT2D eigenvalue weighted by Crippen LogP contribution is 2.40. The standard InChI is InChI=1S/C17H24FNO2/c1-2-17(8-3-4-9-17)12-19-16(21)11-15(20)13-6-5-7-14(18)10-13/h5-7,10,15,20H,2-4,8-9,11-12H2,1H3,(H,19,21). The van der Waals surface area contributed by atoms with Crippen molar-refractivity contribution in [2.75, 3.05) is 6.54 Å². The van der Waals surface area contributed by atoms with Gasteiger partial charge in [0, 0.05) is 6.54 Å². The summed E-state index contributed by atoms with van der Waals surface area (Å²) in [6.45, 7) is 2.84. The molecule has 1 amide bonds. The van der Waals surface area contributed by atoms with Crippen LogP contribution in [0, 0.1) is 11.2 Å². The fourth-order valence-corrected chi connectivity index (χ4v) is 3.15. The van der Waals surface area contributed by atoms with Crippen LogP contribution in [0.25, 0.3) is 0 Å². The highest BCUT2D eigenvalue weighted by molar-refractivity contribution is 5.76. The number of hydrogen-bond donors (Lipinski definition) is 2. The van der Waals surface area contributed by atoms with Crippen LogP contribution in [0.2, 0.25) is 0 Å². The molecule has 2 N–H and O–H groups in total. The fourth-order valence-electron chi connectivity index (χ4n) is 3.15. The Labute approximate surface area is 125 Å². The highest BCUT2D eigenvalue weighted by atomic mass is 19.1. The van der Waals surface area contributed by atoms with E-state index < -0.39 is 11.9 Å². The third-order valence-electron chi connectivity index (χ3n) is 4.69. The largest absolute Gasteiger partial charge is 0.388 e. The van der Waals surface area contributed by atoms with Gasteiger partial charge in [0.1, 0.15) is 5.82 Å². The maximum absolute atomic E-state index is 13.1. The normalized spacial score (nSPS) is 18.4. The Bertz CT molecular complexity index is 483. The second-order valence-electron chi connectivity index (χ2n) is 6.11. The zero-order valence-corrected chi connectivity index (χ0v) is 12.6. The summed E-state index contributed by atoms with van der Waals surface area (Å²) in [5, 5.41) is 12.9. The monoisotopic (exact) mass is 293 g/mol. The Kier molecular flexibility index (Phi) is 5.34. The van der Waals surface area contributed by atoms with Crippen LogP contribution >= 0.6 is 0 Å². The molecule has 3 nitrogen and oxygen atoms in total. The molecular formula is C17H24FNO2. The van der Waals surface area contributed by atoms with Gasteiger partial charge in [-0.1, -0.05) is 31.9 Å². The van der Waals surface area contributed by atoms with Gasteiger partial charge in [-0.25, -0.2) is 4.39 Å². The average Bonchev–Trinajstić information content (AvgIpc) is 2.94. The lowest BCUT2D eigenvalue weighted by molar-refractivity contribution is -0.123. The van der Waals surface area contributed by atoms with Gasteiger partial charge in [-0.05, 0) is 42.4 Å². The van der Waals surface area contributed by atoms with Crippen molar-refractivity contribution in [2.24, 2.45) is 5.41 Å². The van der Waals surface area contributed by atoms with Gasteiger partial charge >= 0.3 is 0 Å². The molecule has 0 heterocycles. The number of hydrogen-bond acceptors (Lipinski definition) is 2. The van der Waals surface area contributed by atoms with Crippen LogP contribution < -0.4 is 5.32 Å². The van der Waals surface area contributed by atoms with E-state index in [-0.39, 0.29) is 17.7 Å². The summed E-state index contributed by atoms with van der Waals surface area (Å²) in [6, 6.07) is 5.76. The first-order valence-electron chi connectivity index (χ1n) is 7.75. The second-order valence-corrected chi connectivity index (χ2v) is 6.11. The van der Waals surface area contributed by atoms with Gasteiger partial charge < -0.3 is 10.4 Å². The zero-order valence-electron chi connectivity index (χ0n) is 12.6. The number of benzene rings is 1. The van der Waals surface area contributed by atoms with Gasteiger partial charge in [-0.2, -0.15) is 0 Å². The molecule has 0 saturated heterocycles. The van der Waals surface area contributed by atoms with Crippen LogP contribution in [0.1, 0.15) is 57.1 Å². The predicted molar refractivity (Wildman–Crippen MR) is 80.2 cm³/mol. The Balaban J connectivity index is 1.84. The van der Waals surface area contributed by atoms with Gasteiger partial charge in [0.05, 0.1) is 12.5 Å². The average molecular weight is 293 g/mol. The molecular weight excluding hydrogens is 269 g/mol. The summed E-state index contributed by atoms with van der Waals surface area (Å²) < 4.78 is 13.1. The number of carbonyl (C=O) groups is 1. The number of halogens is 1. The van der Waals surface area contributed by atoms with E-state index >= 15 is 0 Å². The lowest BCUT2D eigenvalue weighted by atomic mass is 9.83. The Morgan fingerprint density at radius 2 is 2.14 bits per heavy atom. The maximum Gasteiger partial charge on any atom is 0.222 e. The molecule has 21 heavy (non-hydrogen) atoms. The number of aliphatic hydroxyl groups excluding tert-OH is 1. The molecule has 1 aliphatic carbocycles. The summed E-state index contributed by atoms with van der Waals surface area (Å²) in [5.74, 6) is -0.575. The quantitative estimate of drug-likeness (QED) is 0.845. The predicted octanol–water partition coefficient (Wildman–Crippen LogP) is 3.34. The van der Waals surface area contributed by atoms with Crippen molar-refractivity contribution in [2.45, 2.75) is 51.6 Å². The molecule has 1 fully saturated rings. The smallest absolute Gasteiger partial charge is 0.222 e. The Hall–Kier alpha value is -1.42. The van der Waals surface area contributed by atoms with Gasteiger partial charge in [0.25, 0.3) is 0 Å². The highest BCUT2D eigenvalue weighted by Gasteiger charge is 2.32. The van der Waals surface area contributed by atoms with E-state index in [9.17, 15) is 14.3 Å². The maximum atomic E-state index is 13.1. The Morgan fingerprint density at radius 3 is 2.76 bits per heavy atom. The fraction of sp³-hybridized carbons (Fsp3) is 0.588. The lowest BCUT2D eigenvalue weighted by Gasteiger charge is -2.27. The number of aliphatic hydroxyl groups is 1. The lowest BCUT2D eigenvalue weighted by Crippen LogP contribution is -2.36. The van der Waals surface area contributed by atoms with E-state index in [1.54, 1.807) is 6.07 Å². The molecule has 4 heteroatoms. The molecule has 116 valence electrons. The van der Waals surface area contributed by atoms with E-state index in [0.717, 1.165) is 19.3 Å². The van der Waals surface area contributed by atoms with Crippen LogP contribution in [0.15, 0.2) is 24.3 Å². The second kappa shape index (κ2) is 7.03. The molecule has 0 spiro atoms. The molecule has 0 aromatic heterocycles. The topological polar surface area (TPSA) is 49.3 Å². The molecule has 1 aromatic carbocycles. The van der Waals surface area contributed by atoms with Gasteiger partial charge in [-0.15, -0.1) is 0 Å². The van der Waals surface area contributed by atoms with E-state index in [1.165, 1.54) is 31.0 Å². The van der Waals surface area contributed by atoms with E-state index in [0.29, 0.717) is 12.1 Å². The Morgan fingerprint density at radius 1 is 1.43 bits per heavy atom. The summed E-state index contributed by atoms with van der Waals surface area (Å²) in [7, 11) is 0. The number of carbonyl (C=O) groups excluding carboxylic acids is 1. The zero-order chi connectivity index (χ0) is 15.3. The first kappa shape index (κ1) is 16.0. The van der Waals surface area contributed by atoms with Crippen molar-refractivity contribution in [1.82, 2.24) is 5.32 Å². The van der Waals surface area contributed by atoms with Crippen LogP contribution in [-0.2, 0) is 4.79 Å². The van der Waals surface area contributed by atoms with E-state index in [2.05, 4.69) is 12.2 Å². The van der Waals surface area contributed by atoms with Gasteiger partial charge in [0.2, 0.25) is 5.91 Å². The minimum Gasteiger partial charge on any atom is -0.388 e. The van der Waals surface area contributed by atoms with E-state index in [1.807, 2.05) is 0 Å². The summed E-state index contributed by atoms with van der Waals surface area (Å²) in [6.07, 6.45) is 4.88. The minimum atomic E-state index is -0.957. The van der Waals surface area contributed by atoms with Crippen LogP contribution in [0.3, 0.4) is 0 Å². The van der Waals surface area contributed by atoms with Gasteiger partial charge in [0.15, 0.2) is 0 Å². The summed E-state index contributed by atoms with van der Waals surface area (Å²) >= 11 is 0. The first-order valence-corrected chi connectivity index (χ1v) is 7.75. The molecule has 1 unspecified atom stereocenters. The molecule has 1 aliphatic rings.